The predicted molar refractivity (Wildman–Crippen MR) is 145 cm³/mol. The van der Waals surface area contributed by atoms with E-state index in [1.54, 1.807) is 37.4 Å². The van der Waals surface area contributed by atoms with Crippen LogP contribution in [0.5, 0.6) is 23.0 Å². The van der Waals surface area contributed by atoms with Crippen LogP contribution in [0.1, 0.15) is 22.7 Å². The van der Waals surface area contributed by atoms with Crippen molar-refractivity contribution in [1.82, 2.24) is 9.88 Å². The molecule has 2 heterocycles. The summed E-state index contributed by atoms with van der Waals surface area (Å²) in [6.45, 7) is 0.211. The number of fused-ring (bicyclic) bond motifs is 1. The van der Waals surface area contributed by atoms with Crippen LogP contribution in [0.3, 0.4) is 0 Å². The molecule has 1 fully saturated rings. The Kier molecular flexibility index (Phi) is 6.89. The molecule has 9 nitrogen and oxygen atoms in total. The number of H-pyrrole nitrogens is 1. The minimum Gasteiger partial charge on any atom is -0.508 e. The molecule has 39 heavy (non-hydrogen) atoms. The molecule has 1 amide bonds. The number of carbonyl (C=O) groups is 2. The fourth-order valence-electron chi connectivity index (χ4n) is 4.99. The van der Waals surface area contributed by atoms with E-state index in [1.807, 2.05) is 24.4 Å². The van der Waals surface area contributed by atoms with Crippen molar-refractivity contribution in [1.29, 1.82) is 0 Å². The standard InChI is InChI=1S/C30H28N2O7/c1-37-21-9-10-23-22(15-21)19(16-31-23)12-13-32-27(17-4-7-20(33)8-5-17)26(29(35)30(32)36)28(34)18-6-11-24(38-2)25(14-18)39-3/h4-11,14-16,27,31,33-34H,12-13H2,1-3H3/t27-/m0/s1. The molecule has 1 atom stereocenters. The van der Waals surface area contributed by atoms with Gasteiger partial charge in [-0.05, 0) is 66.1 Å². The molecule has 1 saturated heterocycles. The highest BCUT2D eigenvalue weighted by Gasteiger charge is 2.46. The number of aromatic amines is 1. The van der Waals surface area contributed by atoms with Crippen molar-refractivity contribution in [2.75, 3.05) is 27.9 Å². The first-order valence-corrected chi connectivity index (χ1v) is 12.3. The molecule has 0 bridgehead atoms. The van der Waals surface area contributed by atoms with Crippen molar-refractivity contribution in [3.05, 3.63) is 89.1 Å². The number of nitrogens with one attached hydrogen (secondary N) is 1. The van der Waals surface area contributed by atoms with Crippen LogP contribution >= 0.6 is 0 Å². The molecule has 1 aliphatic heterocycles. The van der Waals surface area contributed by atoms with Crippen LogP contribution in [0.2, 0.25) is 0 Å². The van der Waals surface area contributed by atoms with E-state index in [9.17, 15) is 19.8 Å². The van der Waals surface area contributed by atoms with E-state index in [2.05, 4.69) is 4.98 Å². The number of ketones is 1. The Balaban J connectivity index is 1.56. The lowest BCUT2D eigenvalue weighted by Gasteiger charge is -2.25. The second-order valence-corrected chi connectivity index (χ2v) is 9.13. The Morgan fingerprint density at radius 1 is 0.923 bits per heavy atom. The first kappa shape index (κ1) is 25.7. The van der Waals surface area contributed by atoms with Crippen molar-refractivity contribution < 1.29 is 34.0 Å². The normalized spacial score (nSPS) is 16.6. The zero-order valence-electron chi connectivity index (χ0n) is 21.7. The van der Waals surface area contributed by atoms with E-state index in [0.29, 0.717) is 34.8 Å². The Morgan fingerprint density at radius 3 is 2.36 bits per heavy atom. The largest absolute Gasteiger partial charge is 0.508 e. The van der Waals surface area contributed by atoms with Gasteiger partial charge in [-0.1, -0.05) is 12.1 Å². The first-order valence-electron chi connectivity index (χ1n) is 12.3. The van der Waals surface area contributed by atoms with Crippen LogP contribution in [0.15, 0.2) is 72.4 Å². The van der Waals surface area contributed by atoms with E-state index in [0.717, 1.165) is 16.5 Å². The number of Topliss-reactive ketones (excluding diaryl/α,β-unsaturated/α-hetero) is 1. The van der Waals surface area contributed by atoms with Gasteiger partial charge in [0.2, 0.25) is 0 Å². The third-order valence-electron chi connectivity index (χ3n) is 7.00. The number of aromatic nitrogens is 1. The Bertz CT molecular complexity index is 1590. The summed E-state index contributed by atoms with van der Waals surface area (Å²) in [7, 11) is 4.57. The molecule has 1 aliphatic rings. The lowest BCUT2D eigenvalue weighted by atomic mass is 9.95. The number of ether oxygens (including phenoxy) is 3. The summed E-state index contributed by atoms with van der Waals surface area (Å²) in [5.41, 5.74) is 2.72. The number of hydrogen-bond donors (Lipinski definition) is 3. The fraction of sp³-hybridized carbons (Fsp3) is 0.200. The second-order valence-electron chi connectivity index (χ2n) is 9.13. The summed E-state index contributed by atoms with van der Waals surface area (Å²) in [5.74, 6) is -0.252. The van der Waals surface area contributed by atoms with Crippen LogP contribution in [0.4, 0.5) is 0 Å². The summed E-state index contributed by atoms with van der Waals surface area (Å²) in [6.07, 6.45) is 2.32. The van der Waals surface area contributed by atoms with Gasteiger partial charge in [-0.25, -0.2) is 0 Å². The molecular weight excluding hydrogens is 500 g/mol. The van der Waals surface area contributed by atoms with Gasteiger partial charge in [0, 0.05) is 29.2 Å². The Labute approximate surface area is 224 Å². The van der Waals surface area contributed by atoms with Crippen molar-refractivity contribution >= 4 is 28.4 Å². The van der Waals surface area contributed by atoms with Gasteiger partial charge >= 0.3 is 0 Å². The van der Waals surface area contributed by atoms with Crippen LogP contribution in [0.25, 0.3) is 16.7 Å². The maximum atomic E-state index is 13.4. The molecule has 0 radical (unpaired) electrons. The van der Waals surface area contributed by atoms with Crippen molar-refractivity contribution in [3.8, 4) is 23.0 Å². The van der Waals surface area contributed by atoms with Crippen LogP contribution in [-0.4, -0.2) is 59.7 Å². The van der Waals surface area contributed by atoms with Crippen molar-refractivity contribution in [3.63, 3.8) is 0 Å². The highest BCUT2D eigenvalue weighted by atomic mass is 16.5. The highest BCUT2D eigenvalue weighted by molar-refractivity contribution is 6.46. The number of aromatic hydroxyl groups is 1. The number of carbonyl (C=O) groups excluding carboxylic acids is 2. The molecular formula is C30H28N2O7. The third-order valence-corrected chi connectivity index (χ3v) is 7.00. The summed E-state index contributed by atoms with van der Waals surface area (Å²) in [6, 6.07) is 15.8. The van der Waals surface area contributed by atoms with Crippen molar-refractivity contribution in [2.24, 2.45) is 0 Å². The minimum atomic E-state index is -0.863. The second kappa shape index (κ2) is 10.4. The van der Waals surface area contributed by atoms with Crippen molar-refractivity contribution in [2.45, 2.75) is 12.5 Å². The summed E-state index contributed by atoms with van der Waals surface area (Å²) < 4.78 is 16.0. The van der Waals surface area contributed by atoms with Gasteiger partial charge < -0.3 is 34.3 Å². The molecule has 3 N–H and O–H groups in total. The van der Waals surface area contributed by atoms with Gasteiger partial charge in [0.1, 0.15) is 17.3 Å². The fourth-order valence-corrected chi connectivity index (χ4v) is 4.99. The molecule has 0 spiro atoms. The Morgan fingerprint density at radius 2 is 1.67 bits per heavy atom. The zero-order valence-corrected chi connectivity index (χ0v) is 21.7. The quantitative estimate of drug-likeness (QED) is 0.174. The van der Waals surface area contributed by atoms with Gasteiger partial charge in [0.25, 0.3) is 11.7 Å². The first-order chi connectivity index (χ1) is 18.9. The molecule has 3 aromatic carbocycles. The molecule has 5 rings (SSSR count). The lowest BCUT2D eigenvalue weighted by molar-refractivity contribution is -0.139. The molecule has 200 valence electrons. The molecule has 4 aromatic rings. The van der Waals surface area contributed by atoms with Crippen LogP contribution in [-0.2, 0) is 16.0 Å². The molecule has 9 heteroatoms. The summed E-state index contributed by atoms with van der Waals surface area (Å²) in [5, 5.41) is 22.2. The number of methoxy groups -OCH3 is 3. The molecule has 0 aliphatic carbocycles. The molecule has 1 aromatic heterocycles. The van der Waals surface area contributed by atoms with E-state index in [-0.39, 0.29) is 23.6 Å². The van der Waals surface area contributed by atoms with Gasteiger partial charge in [-0.2, -0.15) is 0 Å². The van der Waals surface area contributed by atoms with Gasteiger partial charge in [0.15, 0.2) is 11.5 Å². The number of hydrogen-bond acceptors (Lipinski definition) is 7. The van der Waals surface area contributed by atoms with Gasteiger partial charge in [-0.3, -0.25) is 9.59 Å². The number of amides is 1. The summed E-state index contributed by atoms with van der Waals surface area (Å²) in [4.78, 5) is 31.4. The smallest absolute Gasteiger partial charge is 0.295 e. The number of phenolic OH excluding ortho intramolecular Hbond substituents is 1. The number of aliphatic hydroxyl groups excluding tert-OH is 1. The van der Waals surface area contributed by atoms with E-state index in [1.165, 1.54) is 31.3 Å². The third kappa shape index (κ3) is 4.63. The number of rotatable bonds is 8. The maximum Gasteiger partial charge on any atom is 0.295 e. The number of nitrogens with zero attached hydrogens (tertiary/aromatic N) is 1. The monoisotopic (exact) mass is 528 g/mol. The topological polar surface area (TPSA) is 121 Å². The molecule has 0 unspecified atom stereocenters. The zero-order chi connectivity index (χ0) is 27.7. The van der Waals surface area contributed by atoms with E-state index in [4.69, 9.17) is 14.2 Å². The van der Waals surface area contributed by atoms with E-state index < -0.39 is 17.7 Å². The SMILES string of the molecule is COc1ccc2[nH]cc(CCN3C(=O)C(=O)C(=C(O)c4ccc(OC)c(OC)c4)[C@@H]3c3ccc(O)cc3)c2c1. The number of aliphatic hydroxyl groups is 1. The number of phenols is 1. The number of likely N-dealkylation sites (tertiary alicyclic amines) is 1. The summed E-state index contributed by atoms with van der Waals surface area (Å²) >= 11 is 0. The van der Waals surface area contributed by atoms with Gasteiger partial charge in [0.05, 0.1) is 32.9 Å². The lowest BCUT2D eigenvalue weighted by Crippen LogP contribution is -2.31. The number of benzene rings is 3. The average molecular weight is 529 g/mol. The molecule has 0 saturated carbocycles. The highest BCUT2D eigenvalue weighted by Crippen LogP contribution is 2.41. The predicted octanol–water partition coefficient (Wildman–Crippen LogP) is 4.56. The van der Waals surface area contributed by atoms with Gasteiger partial charge in [-0.15, -0.1) is 0 Å². The maximum absolute atomic E-state index is 13.4. The Hall–Kier alpha value is -4.92. The van der Waals surface area contributed by atoms with E-state index >= 15 is 0 Å². The van der Waals surface area contributed by atoms with Crippen LogP contribution < -0.4 is 14.2 Å². The average Bonchev–Trinajstić information content (AvgIpc) is 3.48. The minimum absolute atomic E-state index is 0.0431. The van der Waals surface area contributed by atoms with Crippen LogP contribution in [0, 0.1) is 0 Å².